The number of rotatable bonds is 23. The standard InChI is InChI=1S/C33H62O6Si2/c1-12-33(8,9)32(37-26-27-19-21-28(35-10)22-20-27)31(39-41(16-5,17-6)18-7)30(36-11)25-29(23-24-34)38-40(13-2,14-3)15-4/h12,19-22,29-32,34H,1,13-18,23-26H2,2-11H3/t29-,30+,31+,32+/m0/s1. The second kappa shape index (κ2) is 18.6. The van der Waals surface area contributed by atoms with Crippen molar-refractivity contribution in [1.29, 1.82) is 0 Å². The van der Waals surface area contributed by atoms with Gasteiger partial charge in [-0.1, -0.05) is 73.6 Å². The summed E-state index contributed by atoms with van der Waals surface area (Å²) in [5.41, 5.74) is 0.685. The van der Waals surface area contributed by atoms with Gasteiger partial charge in [-0.05, 0) is 60.4 Å². The van der Waals surface area contributed by atoms with Crippen molar-refractivity contribution < 1.29 is 28.2 Å². The number of benzene rings is 1. The lowest BCUT2D eigenvalue weighted by Gasteiger charge is -2.45. The van der Waals surface area contributed by atoms with Crippen LogP contribution in [0.25, 0.3) is 0 Å². The fourth-order valence-electron chi connectivity index (χ4n) is 5.72. The van der Waals surface area contributed by atoms with Crippen LogP contribution in [0.5, 0.6) is 5.75 Å². The summed E-state index contributed by atoms with van der Waals surface area (Å²) < 4.78 is 32.7. The van der Waals surface area contributed by atoms with E-state index in [4.69, 9.17) is 23.1 Å². The quantitative estimate of drug-likeness (QED) is 0.0992. The summed E-state index contributed by atoms with van der Waals surface area (Å²) in [6, 6.07) is 14.3. The molecular formula is C33H62O6Si2. The monoisotopic (exact) mass is 610 g/mol. The van der Waals surface area contributed by atoms with Crippen molar-refractivity contribution in [2.45, 2.75) is 136 Å². The topological polar surface area (TPSA) is 66.4 Å². The number of aliphatic hydroxyl groups excluding tert-OH is 1. The van der Waals surface area contributed by atoms with Crippen molar-refractivity contribution >= 4 is 16.6 Å². The minimum absolute atomic E-state index is 0.0847. The Morgan fingerprint density at radius 2 is 1.37 bits per heavy atom. The van der Waals surface area contributed by atoms with E-state index in [1.54, 1.807) is 14.2 Å². The van der Waals surface area contributed by atoms with Crippen LogP contribution in [0, 0.1) is 5.41 Å². The lowest BCUT2D eigenvalue weighted by molar-refractivity contribution is -0.137. The van der Waals surface area contributed by atoms with E-state index in [2.05, 4.69) is 62.0 Å². The van der Waals surface area contributed by atoms with Gasteiger partial charge in [-0.15, -0.1) is 6.58 Å². The average molecular weight is 611 g/mol. The largest absolute Gasteiger partial charge is 0.497 e. The second-order valence-electron chi connectivity index (χ2n) is 11.9. The molecule has 0 heterocycles. The van der Waals surface area contributed by atoms with Crippen LogP contribution in [0.4, 0.5) is 0 Å². The normalized spacial score (nSPS) is 15.8. The molecule has 0 amide bonds. The maximum absolute atomic E-state index is 10.0. The van der Waals surface area contributed by atoms with Gasteiger partial charge in [0.15, 0.2) is 16.6 Å². The summed E-state index contributed by atoms with van der Waals surface area (Å²) in [6.45, 7) is 22.5. The molecule has 0 aromatic heterocycles. The van der Waals surface area contributed by atoms with Crippen LogP contribution >= 0.6 is 0 Å². The first-order valence-corrected chi connectivity index (χ1v) is 21.0. The van der Waals surface area contributed by atoms with Crippen LogP contribution in [0.15, 0.2) is 36.9 Å². The van der Waals surface area contributed by atoms with E-state index < -0.39 is 16.6 Å². The van der Waals surface area contributed by atoms with Crippen molar-refractivity contribution in [2.24, 2.45) is 5.41 Å². The summed E-state index contributed by atoms with van der Waals surface area (Å²) in [5, 5.41) is 10.0. The zero-order valence-corrected chi connectivity index (χ0v) is 30.0. The SMILES string of the molecule is C=CC(C)(C)[C@H](OCc1ccc(OC)cc1)[C@H](O[Si](CC)(CC)CC)[C@@H](C[C@H](CCO)O[Si](CC)(CC)CC)OC. The molecule has 1 N–H and O–H groups in total. The molecule has 0 fully saturated rings. The molecule has 0 radical (unpaired) electrons. The predicted molar refractivity (Wildman–Crippen MR) is 177 cm³/mol. The van der Waals surface area contributed by atoms with Crippen LogP contribution < -0.4 is 4.74 Å². The molecule has 1 rings (SSSR count). The van der Waals surface area contributed by atoms with Gasteiger partial charge in [-0.3, -0.25) is 0 Å². The smallest absolute Gasteiger partial charge is 0.192 e. The minimum Gasteiger partial charge on any atom is -0.497 e. The summed E-state index contributed by atoms with van der Waals surface area (Å²) in [5.74, 6) is 0.822. The third-order valence-electron chi connectivity index (χ3n) is 9.43. The van der Waals surface area contributed by atoms with Gasteiger partial charge in [0.1, 0.15) is 5.75 Å². The van der Waals surface area contributed by atoms with E-state index in [1.165, 1.54) is 0 Å². The Kier molecular flexibility index (Phi) is 17.3. The first kappa shape index (κ1) is 38.0. The zero-order valence-electron chi connectivity index (χ0n) is 28.0. The number of ether oxygens (including phenoxy) is 3. The molecule has 0 saturated heterocycles. The van der Waals surface area contributed by atoms with Gasteiger partial charge in [0.05, 0.1) is 32.0 Å². The van der Waals surface area contributed by atoms with Gasteiger partial charge in [0, 0.05) is 31.7 Å². The van der Waals surface area contributed by atoms with E-state index in [0.29, 0.717) is 19.4 Å². The Labute approximate surface area is 254 Å². The Bertz CT molecular complexity index is 822. The molecule has 4 atom stereocenters. The van der Waals surface area contributed by atoms with Crippen molar-refractivity contribution in [3.63, 3.8) is 0 Å². The van der Waals surface area contributed by atoms with Gasteiger partial charge < -0.3 is 28.2 Å². The highest BCUT2D eigenvalue weighted by Crippen LogP contribution is 2.37. The first-order chi connectivity index (χ1) is 19.5. The van der Waals surface area contributed by atoms with Crippen LogP contribution in [0.2, 0.25) is 36.3 Å². The molecule has 0 saturated carbocycles. The minimum atomic E-state index is -2.06. The van der Waals surface area contributed by atoms with Crippen molar-refractivity contribution in [3.05, 3.63) is 42.5 Å². The Morgan fingerprint density at radius 1 is 0.854 bits per heavy atom. The van der Waals surface area contributed by atoms with E-state index in [0.717, 1.165) is 47.6 Å². The van der Waals surface area contributed by atoms with Crippen LogP contribution in [-0.2, 0) is 24.9 Å². The summed E-state index contributed by atoms with van der Waals surface area (Å²) >= 11 is 0. The highest BCUT2D eigenvalue weighted by atomic mass is 28.4. The summed E-state index contributed by atoms with van der Waals surface area (Å²) in [6.07, 6.45) is 2.23. The highest BCUT2D eigenvalue weighted by molar-refractivity contribution is 6.74. The molecular weight excluding hydrogens is 549 g/mol. The van der Waals surface area contributed by atoms with Gasteiger partial charge in [-0.2, -0.15) is 0 Å². The molecule has 0 bridgehead atoms. The summed E-state index contributed by atoms with van der Waals surface area (Å²) in [4.78, 5) is 0. The lowest BCUT2D eigenvalue weighted by Crippen LogP contribution is -2.55. The third kappa shape index (κ3) is 10.9. The molecule has 0 spiro atoms. The van der Waals surface area contributed by atoms with E-state index in [-0.39, 0.29) is 36.4 Å². The molecule has 8 heteroatoms. The fourth-order valence-corrected chi connectivity index (χ4v) is 11.5. The number of hydrogen-bond donors (Lipinski definition) is 1. The molecule has 0 aliphatic rings. The lowest BCUT2D eigenvalue weighted by atomic mass is 9.81. The van der Waals surface area contributed by atoms with Gasteiger partial charge in [-0.25, -0.2) is 0 Å². The molecule has 41 heavy (non-hydrogen) atoms. The maximum atomic E-state index is 10.0. The average Bonchev–Trinajstić information content (AvgIpc) is 3.00. The fraction of sp³-hybridized carbons (Fsp3) is 0.758. The van der Waals surface area contributed by atoms with Crippen molar-refractivity contribution in [2.75, 3.05) is 20.8 Å². The predicted octanol–water partition coefficient (Wildman–Crippen LogP) is 8.36. The van der Waals surface area contributed by atoms with Crippen molar-refractivity contribution in [3.8, 4) is 5.75 Å². The Hall–Kier alpha value is -1.01. The van der Waals surface area contributed by atoms with E-state index >= 15 is 0 Å². The van der Waals surface area contributed by atoms with Crippen LogP contribution in [-0.4, -0.2) is 67.0 Å². The zero-order chi connectivity index (χ0) is 31.1. The van der Waals surface area contributed by atoms with E-state index in [9.17, 15) is 5.11 Å². The maximum Gasteiger partial charge on any atom is 0.192 e. The Balaban J connectivity index is 3.56. The molecule has 0 aliphatic carbocycles. The van der Waals surface area contributed by atoms with Gasteiger partial charge in [0.25, 0.3) is 0 Å². The van der Waals surface area contributed by atoms with E-state index in [1.807, 2.05) is 30.3 Å². The highest BCUT2D eigenvalue weighted by Gasteiger charge is 2.45. The molecule has 1 aromatic carbocycles. The molecule has 0 unspecified atom stereocenters. The first-order valence-electron chi connectivity index (χ1n) is 15.9. The number of hydrogen-bond acceptors (Lipinski definition) is 6. The number of methoxy groups -OCH3 is 2. The van der Waals surface area contributed by atoms with Gasteiger partial charge in [0.2, 0.25) is 0 Å². The van der Waals surface area contributed by atoms with Gasteiger partial charge >= 0.3 is 0 Å². The molecule has 238 valence electrons. The van der Waals surface area contributed by atoms with Crippen molar-refractivity contribution in [1.82, 2.24) is 0 Å². The molecule has 6 nitrogen and oxygen atoms in total. The molecule has 1 aromatic rings. The van der Waals surface area contributed by atoms with Crippen LogP contribution in [0.3, 0.4) is 0 Å². The summed E-state index contributed by atoms with van der Waals surface area (Å²) in [7, 11) is -0.510. The number of aliphatic hydroxyl groups is 1. The molecule has 0 aliphatic heterocycles. The second-order valence-corrected chi connectivity index (χ2v) is 21.4. The van der Waals surface area contributed by atoms with Crippen LogP contribution in [0.1, 0.15) is 73.8 Å². The Morgan fingerprint density at radius 3 is 1.78 bits per heavy atom. The third-order valence-corrected chi connectivity index (χ3v) is 18.8.